The lowest BCUT2D eigenvalue weighted by atomic mass is 10.0. The number of nitrogens with two attached hydrogens (primary N) is 1. The van der Waals surface area contributed by atoms with E-state index >= 15 is 0 Å². The van der Waals surface area contributed by atoms with E-state index in [0.717, 1.165) is 6.42 Å². The van der Waals surface area contributed by atoms with Crippen LogP contribution in [0.5, 0.6) is 0 Å². The Balaban J connectivity index is 0.00000228. The van der Waals surface area contributed by atoms with Crippen LogP contribution in [0.25, 0.3) is 22.4 Å². The molecule has 1 aromatic carbocycles. The average molecular weight is 480 g/mol. The number of halogens is 1. The minimum atomic E-state index is -0.241. The molecule has 0 amide bonds. The second kappa shape index (κ2) is 8.01. The number of hydrogen-bond donors (Lipinski definition) is 1. The van der Waals surface area contributed by atoms with Crippen LogP contribution < -0.4 is 16.2 Å². The molecule has 33 heavy (non-hydrogen) atoms. The Bertz CT molecular complexity index is 1550. The quantitative estimate of drug-likeness (QED) is 0.419. The van der Waals surface area contributed by atoms with Crippen LogP contribution in [0.4, 0.5) is 11.8 Å². The molecule has 1 aliphatic heterocycles. The van der Waals surface area contributed by atoms with Crippen molar-refractivity contribution in [2.75, 3.05) is 17.2 Å². The standard InChI is InChI=1S/C21H16ClN9O.H2S/c22-13-6-11-30-16(13)20(32)31(12-4-2-1-3-5-12)18(28-30)14-7-10-29(14)19-15-17(25-9-8-24-15)26-21(23)27-19;/h1-6,8-9,11,14H,7,10H2,(H2,23,25,26,27);1H2/t14-;/m0./s1. The van der Waals surface area contributed by atoms with E-state index in [1.54, 1.807) is 29.2 Å². The van der Waals surface area contributed by atoms with Gasteiger partial charge in [0.1, 0.15) is 5.52 Å². The Kier molecular flexibility index (Phi) is 5.14. The molecule has 5 aromatic rings. The highest BCUT2D eigenvalue weighted by atomic mass is 35.5. The van der Waals surface area contributed by atoms with Crippen molar-refractivity contribution in [1.29, 1.82) is 0 Å². The molecule has 0 radical (unpaired) electrons. The van der Waals surface area contributed by atoms with E-state index in [1.165, 1.54) is 4.52 Å². The van der Waals surface area contributed by atoms with Gasteiger partial charge in [-0.25, -0.2) is 14.5 Å². The van der Waals surface area contributed by atoms with Crippen LogP contribution in [0.2, 0.25) is 5.02 Å². The number of rotatable bonds is 3. The van der Waals surface area contributed by atoms with Gasteiger partial charge in [-0.15, -0.1) is 0 Å². The molecule has 0 aliphatic carbocycles. The maximum Gasteiger partial charge on any atom is 0.284 e. The fourth-order valence-electron chi connectivity index (χ4n) is 4.06. The normalized spacial score (nSPS) is 15.4. The zero-order valence-electron chi connectivity index (χ0n) is 17.1. The highest BCUT2D eigenvalue weighted by molar-refractivity contribution is 7.59. The molecule has 0 bridgehead atoms. The van der Waals surface area contributed by atoms with Gasteiger partial charge in [0, 0.05) is 25.1 Å². The van der Waals surface area contributed by atoms with Gasteiger partial charge in [-0.05, 0) is 24.6 Å². The highest BCUT2D eigenvalue weighted by Gasteiger charge is 2.37. The second-order valence-electron chi connectivity index (χ2n) is 7.42. The lowest BCUT2D eigenvalue weighted by Gasteiger charge is -2.41. The molecule has 4 aromatic heterocycles. The number of aromatic nitrogens is 7. The SMILES string of the molecule is Nc1nc(N2CC[C@H]2c2nn3ccc(Cl)c3c(=O)n2-c2ccccc2)c2nccnc2n1.S. The van der Waals surface area contributed by atoms with Crippen LogP contribution in [-0.4, -0.2) is 40.7 Å². The first-order valence-corrected chi connectivity index (χ1v) is 10.4. The summed E-state index contributed by atoms with van der Waals surface area (Å²) in [6.07, 6.45) is 5.60. The number of anilines is 2. The van der Waals surface area contributed by atoms with E-state index in [2.05, 4.69) is 19.9 Å². The van der Waals surface area contributed by atoms with E-state index < -0.39 is 0 Å². The molecule has 5 heterocycles. The molecular weight excluding hydrogens is 462 g/mol. The fourth-order valence-corrected chi connectivity index (χ4v) is 4.29. The van der Waals surface area contributed by atoms with Crippen LogP contribution >= 0.6 is 25.1 Å². The van der Waals surface area contributed by atoms with Gasteiger partial charge in [-0.3, -0.25) is 9.36 Å². The van der Waals surface area contributed by atoms with Crippen molar-refractivity contribution in [3.8, 4) is 5.69 Å². The first kappa shape index (κ1) is 21.2. The summed E-state index contributed by atoms with van der Waals surface area (Å²) in [5, 5.41) is 5.13. The Morgan fingerprint density at radius 2 is 1.85 bits per heavy atom. The van der Waals surface area contributed by atoms with E-state index in [0.29, 0.717) is 45.6 Å². The Hall–Kier alpha value is -3.70. The Morgan fingerprint density at radius 1 is 1.06 bits per heavy atom. The van der Waals surface area contributed by atoms with Gasteiger partial charge in [-0.1, -0.05) is 29.8 Å². The Labute approximate surface area is 199 Å². The first-order chi connectivity index (χ1) is 15.6. The smallest absolute Gasteiger partial charge is 0.284 e. The molecule has 166 valence electrons. The highest BCUT2D eigenvalue weighted by Crippen LogP contribution is 2.38. The van der Waals surface area contributed by atoms with Gasteiger partial charge in [-0.2, -0.15) is 28.6 Å². The summed E-state index contributed by atoms with van der Waals surface area (Å²) in [6.45, 7) is 0.696. The van der Waals surface area contributed by atoms with Crippen molar-refractivity contribution in [3.63, 3.8) is 0 Å². The number of fused-ring (bicyclic) bond motifs is 2. The summed E-state index contributed by atoms with van der Waals surface area (Å²) in [4.78, 5) is 32.8. The molecule has 1 aliphatic rings. The summed E-state index contributed by atoms with van der Waals surface area (Å²) in [7, 11) is 0. The van der Waals surface area contributed by atoms with Gasteiger partial charge in [0.05, 0.1) is 16.8 Å². The maximum atomic E-state index is 13.5. The molecule has 12 heteroatoms. The van der Waals surface area contributed by atoms with Crippen LogP contribution in [-0.2, 0) is 0 Å². The van der Waals surface area contributed by atoms with Crippen LogP contribution in [0.15, 0.2) is 59.8 Å². The number of nitrogen functional groups attached to an aromatic ring is 1. The average Bonchev–Trinajstić information content (AvgIpc) is 3.14. The largest absolute Gasteiger partial charge is 0.368 e. The lowest BCUT2D eigenvalue weighted by molar-refractivity contribution is 0.424. The first-order valence-electron chi connectivity index (χ1n) is 9.98. The predicted octanol–water partition coefficient (Wildman–Crippen LogP) is 2.52. The minimum Gasteiger partial charge on any atom is -0.368 e. The van der Waals surface area contributed by atoms with E-state index in [1.807, 2.05) is 35.2 Å². The third-order valence-electron chi connectivity index (χ3n) is 5.60. The molecule has 2 N–H and O–H groups in total. The summed E-state index contributed by atoms with van der Waals surface area (Å²) in [5.74, 6) is 1.25. The molecule has 0 unspecified atom stereocenters. The fraction of sp³-hybridized carbons (Fsp3) is 0.143. The second-order valence-corrected chi connectivity index (χ2v) is 7.83. The minimum absolute atomic E-state index is 0. The van der Waals surface area contributed by atoms with Crippen molar-refractivity contribution < 1.29 is 0 Å². The molecular formula is C21H18ClN9OS. The maximum absolute atomic E-state index is 13.5. The van der Waals surface area contributed by atoms with E-state index in [9.17, 15) is 4.79 Å². The van der Waals surface area contributed by atoms with E-state index in [4.69, 9.17) is 22.4 Å². The van der Waals surface area contributed by atoms with Gasteiger partial charge >= 0.3 is 0 Å². The van der Waals surface area contributed by atoms with Crippen molar-refractivity contribution >= 4 is 53.5 Å². The summed E-state index contributed by atoms with van der Waals surface area (Å²) in [6, 6.07) is 10.8. The number of nitrogens with zero attached hydrogens (tertiary/aromatic N) is 8. The number of para-hydroxylation sites is 1. The molecule has 0 spiro atoms. The zero-order valence-corrected chi connectivity index (χ0v) is 18.9. The van der Waals surface area contributed by atoms with Crippen molar-refractivity contribution in [2.24, 2.45) is 0 Å². The summed E-state index contributed by atoms with van der Waals surface area (Å²) >= 11 is 6.29. The van der Waals surface area contributed by atoms with Crippen molar-refractivity contribution in [2.45, 2.75) is 12.5 Å². The molecule has 10 nitrogen and oxygen atoms in total. The molecule has 0 saturated carbocycles. The van der Waals surface area contributed by atoms with Crippen LogP contribution in [0.1, 0.15) is 18.3 Å². The van der Waals surface area contributed by atoms with Gasteiger partial charge in [0.15, 0.2) is 22.8 Å². The third-order valence-corrected chi connectivity index (χ3v) is 5.90. The molecule has 6 rings (SSSR count). The van der Waals surface area contributed by atoms with E-state index in [-0.39, 0.29) is 31.0 Å². The molecule has 1 fully saturated rings. The number of benzene rings is 1. The topological polar surface area (TPSA) is 120 Å². The lowest BCUT2D eigenvalue weighted by Crippen LogP contribution is -2.45. The number of hydrogen-bond acceptors (Lipinski definition) is 8. The molecule has 1 atom stereocenters. The van der Waals surface area contributed by atoms with Crippen molar-refractivity contribution in [1.82, 2.24) is 34.1 Å². The monoisotopic (exact) mass is 479 g/mol. The van der Waals surface area contributed by atoms with Crippen LogP contribution in [0, 0.1) is 0 Å². The van der Waals surface area contributed by atoms with Gasteiger partial charge in [0.2, 0.25) is 5.95 Å². The van der Waals surface area contributed by atoms with Crippen LogP contribution in [0.3, 0.4) is 0 Å². The van der Waals surface area contributed by atoms with Gasteiger partial charge < -0.3 is 10.6 Å². The molecule has 1 saturated heterocycles. The third kappa shape index (κ3) is 3.28. The predicted molar refractivity (Wildman–Crippen MR) is 130 cm³/mol. The summed E-state index contributed by atoms with van der Waals surface area (Å²) < 4.78 is 3.14. The van der Waals surface area contributed by atoms with Gasteiger partial charge in [0.25, 0.3) is 5.56 Å². The summed E-state index contributed by atoms with van der Waals surface area (Å²) in [5.41, 5.74) is 7.70. The Morgan fingerprint density at radius 3 is 2.61 bits per heavy atom. The van der Waals surface area contributed by atoms with Crippen molar-refractivity contribution in [3.05, 3.63) is 76.2 Å². The zero-order chi connectivity index (χ0) is 21.8.